The van der Waals surface area contributed by atoms with Gasteiger partial charge in [0.05, 0.1) is 6.54 Å². The molecule has 1 spiro atoms. The number of hydrogen-bond donors (Lipinski definition) is 0. The summed E-state index contributed by atoms with van der Waals surface area (Å²) in [6.45, 7) is 2.03. The molecule has 2 heterocycles. The summed E-state index contributed by atoms with van der Waals surface area (Å²) in [7, 11) is 0. The molecule has 0 bridgehead atoms. The Labute approximate surface area is 157 Å². The Hall–Kier alpha value is -2.89. The lowest BCUT2D eigenvalue weighted by Crippen LogP contribution is -2.48. The second kappa shape index (κ2) is 7.02. The molecule has 6 heteroatoms. The fraction of sp³-hybridized carbons (Fsp3) is 0.333. The fourth-order valence-electron chi connectivity index (χ4n) is 3.80. The molecule has 0 radical (unpaired) electrons. The highest BCUT2D eigenvalue weighted by Crippen LogP contribution is 2.34. The number of piperidine rings is 1. The molecule has 0 unspecified atom stereocenters. The number of halogens is 1. The van der Waals surface area contributed by atoms with Gasteiger partial charge in [-0.3, -0.25) is 9.69 Å². The summed E-state index contributed by atoms with van der Waals surface area (Å²) in [6.07, 6.45) is 0.875. The van der Waals surface area contributed by atoms with Crippen LogP contribution in [0, 0.1) is 5.82 Å². The lowest BCUT2D eigenvalue weighted by atomic mass is 9.91. The minimum Gasteiger partial charge on any atom is -0.441 e. The summed E-state index contributed by atoms with van der Waals surface area (Å²) >= 11 is 0. The van der Waals surface area contributed by atoms with E-state index in [9.17, 15) is 14.0 Å². The Balaban J connectivity index is 1.38. The largest absolute Gasteiger partial charge is 0.441 e. The number of hydrogen-bond acceptors (Lipinski definition) is 3. The van der Waals surface area contributed by atoms with Crippen LogP contribution in [0.15, 0.2) is 54.6 Å². The van der Waals surface area contributed by atoms with Crippen molar-refractivity contribution in [3.8, 4) is 0 Å². The van der Waals surface area contributed by atoms with Crippen LogP contribution in [0.2, 0.25) is 0 Å². The van der Waals surface area contributed by atoms with Gasteiger partial charge < -0.3 is 9.64 Å². The molecule has 2 aromatic rings. The van der Waals surface area contributed by atoms with Crippen molar-refractivity contribution >= 4 is 12.0 Å². The summed E-state index contributed by atoms with van der Waals surface area (Å²) in [5.74, 6) is -0.606. The van der Waals surface area contributed by atoms with Gasteiger partial charge in [0.25, 0.3) is 5.91 Å². The fourth-order valence-corrected chi connectivity index (χ4v) is 3.80. The van der Waals surface area contributed by atoms with Gasteiger partial charge in [0.1, 0.15) is 11.4 Å². The molecule has 2 aliphatic rings. The minimum atomic E-state index is -0.537. The number of benzene rings is 2. The summed E-state index contributed by atoms with van der Waals surface area (Å²) in [6, 6.07) is 15.5. The van der Waals surface area contributed by atoms with Gasteiger partial charge in [-0.15, -0.1) is 0 Å². The Morgan fingerprint density at radius 2 is 1.81 bits per heavy atom. The van der Waals surface area contributed by atoms with Gasteiger partial charge in [0, 0.05) is 38.0 Å². The molecule has 5 nitrogen and oxygen atoms in total. The van der Waals surface area contributed by atoms with E-state index in [0.29, 0.717) is 44.6 Å². The zero-order valence-corrected chi connectivity index (χ0v) is 14.9. The standard InChI is InChI=1S/C21H21FN2O3/c22-18-8-4-7-17(13-18)19(25)23-11-9-21(10-12-23)15-24(20(26)27-21)14-16-5-2-1-3-6-16/h1-8,13H,9-12,14-15H2. The van der Waals surface area contributed by atoms with E-state index in [0.717, 1.165) is 5.56 Å². The number of carbonyl (C=O) groups is 2. The first-order valence-electron chi connectivity index (χ1n) is 9.11. The first-order chi connectivity index (χ1) is 13.0. The summed E-state index contributed by atoms with van der Waals surface area (Å²) < 4.78 is 19.1. The number of nitrogens with zero attached hydrogens (tertiary/aromatic N) is 2. The molecule has 0 aliphatic carbocycles. The van der Waals surface area contributed by atoms with Crippen LogP contribution in [0.25, 0.3) is 0 Å². The average Bonchev–Trinajstić information content (AvgIpc) is 2.97. The van der Waals surface area contributed by atoms with Gasteiger partial charge in [-0.2, -0.15) is 0 Å². The second-order valence-corrected chi connectivity index (χ2v) is 7.20. The van der Waals surface area contributed by atoms with Crippen LogP contribution in [0.1, 0.15) is 28.8 Å². The normalized spacial score (nSPS) is 18.6. The molecule has 2 aliphatic heterocycles. The highest BCUT2D eigenvalue weighted by Gasteiger charge is 2.47. The van der Waals surface area contributed by atoms with Crippen molar-refractivity contribution in [3.63, 3.8) is 0 Å². The Morgan fingerprint density at radius 3 is 2.52 bits per heavy atom. The third-order valence-corrected chi connectivity index (χ3v) is 5.29. The van der Waals surface area contributed by atoms with E-state index < -0.39 is 11.4 Å². The molecule has 2 saturated heterocycles. The van der Waals surface area contributed by atoms with E-state index >= 15 is 0 Å². The molecule has 4 rings (SSSR count). The number of rotatable bonds is 3. The van der Waals surface area contributed by atoms with Gasteiger partial charge in [-0.25, -0.2) is 9.18 Å². The maximum absolute atomic E-state index is 13.4. The van der Waals surface area contributed by atoms with Gasteiger partial charge in [-0.05, 0) is 23.8 Å². The predicted octanol–water partition coefficient (Wildman–Crippen LogP) is 3.45. The molecule has 27 heavy (non-hydrogen) atoms. The molecule has 2 fully saturated rings. The van der Waals surface area contributed by atoms with E-state index in [4.69, 9.17) is 4.74 Å². The summed E-state index contributed by atoms with van der Waals surface area (Å²) in [4.78, 5) is 28.3. The van der Waals surface area contributed by atoms with Crippen molar-refractivity contribution in [1.29, 1.82) is 0 Å². The number of amides is 2. The van der Waals surface area contributed by atoms with Crippen molar-refractivity contribution in [3.05, 3.63) is 71.5 Å². The molecule has 2 amide bonds. The maximum Gasteiger partial charge on any atom is 0.410 e. The Kier molecular flexibility index (Phi) is 4.56. The number of ether oxygens (including phenoxy) is 1. The van der Waals surface area contributed by atoms with E-state index in [1.54, 1.807) is 15.9 Å². The van der Waals surface area contributed by atoms with Crippen molar-refractivity contribution < 1.29 is 18.7 Å². The van der Waals surface area contributed by atoms with Gasteiger partial charge in [0.15, 0.2) is 0 Å². The van der Waals surface area contributed by atoms with Crippen molar-refractivity contribution in [2.45, 2.75) is 25.0 Å². The lowest BCUT2D eigenvalue weighted by Gasteiger charge is -2.37. The monoisotopic (exact) mass is 368 g/mol. The molecule has 0 atom stereocenters. The van der Waals surface area contributed by atoms with E-state index in [1.807, 2.05) is 30.3 Å². The van der Waals surface area contributed by atoms with Gasteiger partial charge >= 0.3 is 6.09 Å². The molecule has 2 aromatic carbocycles. The predicted molar refractivity (Wildman–Crippen MR) is 97.6 cm³/mol. The Morgan fingerprint density at radius 1 is 1.07 bits per heavy atom. The minimum absolute atomic E-state index is 0.185. The zero-order valence-electron chi connectivity index (χ0n) is 14.9. The van der Waals surface area contributed by atoms with E-state index in [1.165, 1.54) is 18.2 Å². The quantitative estimate of drug-likeness (QED) is 0.834. The maximum atomic E-state index is 13.4. The summed E-state index contributed by atoms with van der Waals surface area (Å²) in [5, 5.41) is 0. The van der Waals surface area contributed by atoms with Crippen LogP contribution in [-0.2, 0) is 11.3 Å². The molecule has 0 N–H and O–H groups in total. The van der Waals surface area contributed by atoms with Crippen molar-refractivity contribution in [2.75, 3.05) is 19.6 Å². The SMILES string of the molecule is O=C1OC2(CCN(C(=O)c3cccc(F)c3)CC2)CN1Cc1ccccc1. The Bertz CT molecular complexity index is 848. The third kappa shape index (κ3) is 3.65. The van der Waals surface area contributed by atoms with Crippen LogP contribution >= 0.6 is 0 Å². The number of likely N-dealkylation sites (tertiary alicyclic amines) is 1. The van der Waals surface area contributed by atoms with Gasteiger partial charge in [-0.1, -0.05) is 36.4 Å². The van der Waals surface area contributed by atoms with Crippen LogP contribution in [0.5, 0.6) is 0 Å². The zero-order chi connectivity index (χ0) is 18.9. The summed E-state index contributed by atoms with van der Waals surface area (Å²) in [5.41, 5.74) is 0.871. The van der Waals surface area contributed by atoms with Crippen LogP contribution in [0.4, 0.5) is 9.18 Å². The number of carbonyl (C=O) groups excluding carboxylic acids is 2. The molecule has 140 valence electrons. The van der Waals surface area contributed by atoms with Crippen LogP contribution in [0.3, 0.4) is 0 Å². The lowest BCUT2D eigenvalue weighted by molar-refractivity contribution is 0.00311. The molecule has 0 aromatic heterocycles. The van der Waals surface area contributed by atoms with Crippen LogP contribution < -0.4 is 0 Å². The average molecular weight is 368 g/mol. The molecule has 0 saturated carbocycles. The first kappa shape index (κ1) is 17.5. The highest BCUT2D eigenvalue weighted by atomic mass is 19.1. The first-order valence-corrected chi connectivity index (χ1v) is 9.11. The van der Waals surface area contributed by atoms with E-state index in [2.05, 4.69) is 0 Å². The van der Waals surface area contributed by atoms with Crippen molar-refractivity contribution in [2.24, 2.45) is 0 Å². The molecular weight excluding hydrogens is 347 g/mol. The second-order valence-electron chi connectivity index (χ2n) is 7.20. The topological polar surface area (TPSA) is 49.9 Å². The molecular formula is C21H21FN2O3. The third-order valence-electron chi connectivity index (χ3n) is 5.29. The van der Waals surface area contributed by atoms with E-state index in [-0.39, 0.29) is 12.0 Å². The van der Waals surface area contributed by atoms with Crippen molar-refractivity contribution in [1.82, 2.24) is 9.80 Å². The van der Waals surface area contributed by atoms with Gasteiger partial charge in [0.2, 0.25) is 0 Å². The highest BCUT2D eigenvalue weighted by molar-refractivity contribution is 5.94. The smallest absolute Gasteiger partial charge is 0.410 e. The van der Waals surface area contributed by atoms with Crippen LogP contribution in [-0.4, -0.2) is 47.0 Å².